The van der Waals surface area contributed by atoms with Gasteiger partial charge in [-0.2, -0.15) is 0 Å². The van der Waals surface area contributed by atoms with Crippen LogP contribution in [0.25, 0.3) is 0 Å². The van der Waals surface area contributed by atoms with Crippen molar-refractivity contribution in [2.45, 2.75) is 104 Å². The van der Waals surface area contributed by atoms with Crippen LogP contribution >= 0.6 is 0 Å². The van der Waals surface area contributed by atoms with Crippen LogP contribution in [0.15, 0.2) is 0 Å². The molecule has 190 valence electrons. The highest BCUT2D eigenvalue weighted by molar-refractivity contribution is 5.84. The summed E-state index contributed by atoms with van der Waals surface area (Å²) in [5.41, 5.74) is -1.63. The predicted molar refractivity (Wildman–Crippen MR) is 120 cm³/mol. The molecule has 1 aliphatic heterocycles. The van der Waals surface area contributed by atoms with E-state index in [4.69, 9.17) is 18.9 Å². The van der Waals surface area contributed by atoms with Gasteiger partial charge in [0.25, 0.3) is 0 Å². The van der Waals surface area contributed by atoms with Crippen molar-refractivity contribution in [3.05, 3.63) is 0 Å². The normalized spacial score (nSPS) is 22.9. The third kappa shape index (κ3) is 9.29. The molecule has 0 saturated carbocycles. The maximum atomic E-state index is 13.2. The summed E-state index contributed by atoms with van der Waals surface area (Å²) in [6, 6.07) is -2.97. The van der Waals surface area contributed by atoms with Gasteiger partial charge in [-0.1, -0.05) is 0 Å². The minimum atomic E-state index is -1.07. The van der Waals surface area contributed by atoms with E-state index in [1.54, 1.807) is 48.5 Å². The predicted octanol–water partition coefficient (Wildman–Crippen LogP) is 2.43. The second kappa shape index (κ2) is 11.8. The Balaban J connectivity index is 3.41. The summed E-state index contributed by atoms with van der Waals surface area (Å²) in [4.78, 5) is 51.3. The number of likely N-dealkylation sites (tertiary alicyclic amines) is 1. The van der Waals surface area contributed by atoms with E-state index in [1.165, 1.54) is 11.8 Å². The van der Waals surface area contributed by atoms with Gasteiger partial charge in [0, 0.05) is 19.4 Å². The van der Waals surface area contributed by atoms with E-state index in [0.717, 1.165) is 0 Å². The zero-order chi connectivity index (χ0) is 25.6. The van der Waals surface area contributed by atoms with Gasteiger partial charge in [0.05, 0.1) is 12.6 Å². The molecule has 1 fully saturated rings. The van der Waals surface area contributed by atoms with Crippen molar-refractivity contribution in [3.8, 4) is 0 Å². The van der Waals surface area contributed by atoms with Crippen LogP contribution in [0.4, 0.5) is 4.79 Å². The first-order chi connectivity index (χ1) is 15.1. The largest absolute Gasteiger partial charge is 0.458 e. The second-order valence-corrected chi connectivity index (χ2v) is 10.1. The van der Waals surface area contributed by atoms with E-state index < -0.39 is 59.5 Å². The summed E-state index contributed by atoms with van der Waals surface area (Å²) in [6.07, 6.45) is -0.579. The molecule has 0 spiro atoms. The smallest absolute Gasteiger partial charge is 0.411 e. The quantitative estimate of drug-likeness (QED) is 0.309. The monoisotopic (exact) mass is 472 g/mol. The highest BCUT2D eigenvalue weighted by atomic mass is 16.7. The molecule has 10 heteroatoms. The summed E-state index contributed by atoms with van der Waals surface area (Å²) in [7, 11) is 0. The van der Waals surface area contributed by atoms with Crippen LogP contribution in [0.5, 0.6) is 0 Å². The van der Waals surface area contributed by atoms with Crippen LogP contribution in [0, 0.1) is 5.92 Å². The number of hydrogen-bond acceptors (Lipinski definition) is 8. The van der Waals surface area contributed by atoms with Crippen molar-refractivity contribution in [1.29, 1.82) is 0 Å². The molecule has 1 aliphatic rings. The Morgan fingerprint density at radius 2 is 1.64 bits per heavy atom. The van der Waals surface area contributed by atoms with Crippen LogP contribution in [-0.2, 0) is 33.3 Å². The van der Waals surface area contributed by atoms with E-state index in [0.29, 0.717) is 12.9 Å². The van der Waals surface area contributed by atoms with Gasteiger partial charge in [-0.15, -0.1) is 0 Å². The van der Waals surface area contributed by atoms with E-state index in [1.807, 2.05) is 6.92 Å². The van der Waals surface area contributed by atoms with Crippen LogP contribution in [0.2, 0.25) is 0 Å². The number of carbonyl (C=O) groups is 4. The van der Waals surface area contributed by atoms with E-state index in [9.17, 15) is 19.2 Å². The number of hydrogen-bond donors (Lipinski definition) is 1. The molecule has 0 bridgehead atoms. The van der Waals surface area contributed by atoms with Gasteiger partial charge in [-0.05, 0) is 61.8 Å². The minimum absolute atomic E-state index is 0.0916. The van der Waals surface area contributed by atoms with Crippen LogP contribution in [0.3, 0.4) is 0 Å². The Morgan fingerprint density at radius 1 is 1.06 bits per heavy atom. The van der Waals surface area contributed by atoms with Gasteiger partial charge in [-0.3, -0.25) is 9.69 Å². The molecule has 10 nitrogen and oxygen atoms in total. The molecule has 2 unspecified atom stereocenters. The first-order valence-electron chi connectivity index (χ1n) is 11.3. The fourth-order valence-corrected chi connectivity index (χ4v) is 3.73. The fraction of sp³-hybridized carbons (Fsp3) is 0.826. The first-order valence-corrected chi connectivity index (χ1v) is 11.3. The second-order valence-electron chi connectivity index (χ2n) is 10.1. The van der Waals surface area contributed by atoms with Gasteiger partial charge in [-0.25, -0.2) is 9.59 Å². The number of nitrogens with one attached hydrogen (secondary N) is 1. The van der Waals surface area contributed by atoms with Crippen LogP contribution in [-0.4, -0.2) is 78.0 Å². The Kier molecular flexibility index (Phi) is 10.3. The topological polar surface area (TPSA) is 120 Å². The standard InChI is InChI=1S/C23H40N2O8/c1-10-30-15(3)31-13-16-11-18(20(28)32-22(4,5)6)25(21(29)33-23(7,8)9)19(16)17(12-26)24-14(2)27/h12,15-19H,10-11,13H2,1-9H3,(H,24,27)/t15?,16-,17?,18+,19+/m0/s1. The lowest BCUT2D eigenvalue weighted by Crippen LogP contribution is -2.57. The Labute approximate surface area is 196 Å². The SMILES string of the molecule is CCOC(C)OC[C@@H]1C[C@H](C(=O)OC(C)(C)C)N(C(=O)OC(C)(C)C)[C@H]1C(C=O)NC(C)=O. The number of nitrogens with zero attached hydrogens (tertiary/aromatic N) is 1. The number of aldehydes is 1. The number of carbonyl (C=O) groups excluding carboxylic acids is 4. The number of ether oxygens (including phenoxy) is 4. The lowest BCUT2D eigenvalue weighted by molar-refractivity contribution is -0.160. The number of esters is 1. The van der Waals surface area contributed by atoms with E-state index in [-0.39, 0.29) is 13.0 Å². The molecule has 5 atom stereocenters. The van der Waals surface area contributed by atoms with Gasteiger partial charge in [0.15, 0.2) is 6.29 Å². The molecule has 33 heavy (non-hydrogen) atoms. The first kappa shape index (κ1) is 28.8. The van der Waals surface area contributed by atoms with Crippen molar-refractivity contribution in [2.24, 2.45) is 5.92 Å². The average Bonchev–Trinajstić information content (AvgIpc) is 3.01. The summed E-state index contributed by atoms with van der Waals surface area (Å²) in [5, 5.41) is 2.57. The van der Waals surface area contributed by atoms with Gasteiger partial charge < -0.3 is 29.1 Å². The van der Waals surface area contributed by atoms with Crippen molar-refractivity contribution < 1.29 is 38.1 Å². The summed E-state index contributed by atoms with van der Waals surface area (Å²) in [5.74, 6) is -1.54. The molecule has 1 N–H and O–H groups in total. The van der Waals surface area contributed by atoms with Gasteiger partial charge in [0.2, 0.25) is 5.91 Å². The van der Waals surface area contributed by atoms with Crippen molar-refractivity contribution in [3.63, 3.8) is 0 Å². The molecule has 0 radical (unpaired) electrons. The summed E-state index contributed by atoms with van der Waals surface area (Å²) >= 11 is 0. The van der Waals surface area contributed by atoms with Crippen molar-refractivity contribution >= 4 is 24.3 Å². The Bertz CT molecular complexity index is 698. The third-order valence-electron chi connectivity index (χ3n) is 4.78. The van der Waals surface area contributed by atoms with Gasteiger partial charge in [0.1, 0.15) is 29.6 Å². The van der Waals surface area contributed by atoms with E-state index >= 15 is 0 Å². The van der Waals surface area contributed by atoms with Crippen LogP contribution < -0.4 is 5.32 Å². The molecule has 0 aromatic rings. The molecule has 1 saturated heterocycles. The maximum Gasteiger partial charge on any atom is 0.411 e. The maximum absolute atomic E-state index is 13.2. The zero-order valence-corrected chi connectivity index (χ0v) is 21.3. The zero-order valence-electron chi connectivity index (χ0n) is 21.3. The molecule has 0 aromatic carbocycles. The molecule has 1 rings (SSSR count). The highest BCUT2D eigenvalue weighted by Crippen LogP contribution is 2.35. The van der Waals surface area contributed by atoms with E-state index in [2.05, 4.69) is 5.32 Å². The average molecular weight is 473 g/mol. The Morgan fingerprint density at radius 3 is 2.09 bits per heavy atom. The molecular formula is C23H40N2O8. The minimum Gasteiger partial charge on any atom is -0.458 e. The fourth-order valence-electron chi connectivity index (χ4n) is 3.73. The molecule has 2 amide bonds. The highest BCUT2D eigenvalue weighted by Gasteiger charge is 2.52. The van der Waals surface area contributed by atoms with Gasteiger partial charge >= 0.3 is 12.1 Å². The van der Waals surface area contributed by atoms with Crippen molar-refractivity contribution in [2.75, 3.05) is 13.2 Å². The van der Waals surface area contributed by atoms with Crippen molar-refractivity contribution in [1.82, 2.24) is 10.2 Å². The Hall–Kier alpha value is -2.20. The number of amides is 2. The molecule has 0 aliphatic carbocycles. The molecule has 0 aromatic heterocycles. The molecular weight excluding hydrogens is 432 g/mol. The molecule has 1 heterocycles. The lowest BCUT2D eigenvalue weighted by atomic mass is 9.94. The summed E-state index contributed by atoms with van der Waals surface area (Å²) < 4.78 is 22.3. The lowest BCUT2D eigenvalue weighted by Gasteiger charge is -2.36. The third-order valence-corrected chi connectivity index (χ3v) is 4.78. The van der Waals surface area contributed by atoms with Crippen LogP contribution in [0.1, 0.15) is 68.7 Å². The number of rotatable bonds is 9. The summed E-state index contributed by atoms with van der Waals surface area (Å²) in [6.45, 7) is 15.7.